The monoisotopic (exact) mass is 283 g/mol. The minimum Gasteiger partial charge on any atom is -0.460 e. The van der Waals surface area contributed by atoms with Crippen LogP contribution in [0.25, 0.3) is 0 Å². The van der Waals surface area contributed by atoms with Crippen molar-refractivity contribution in [3.05, 3.63) is 48.5 Å². The third kappa shape index (κ3) is 3.29. The molecule has 0 saturated carbocycles. The molecule has 2 aromatic heterocycles. The van der Waals surface area contributed by atoms with Crippen LogP contribution >= 0.6 is 0 Å². The number of nitrogens with zero attached hydrogens (tertiary/aromatic N) is 3. The molecule has 0 aliphatic carbocycles. The average Bonchev–Trinajstić information content (AvgIpc) is 2.97. The Morgan fingerprint density at radius 1 is 1.33 bits per heavy atom. The number of rotatable bonds is 4. The summed E-state index contributed by atoms with van der Waals surface area (Å²) in [7, 11) is 0. The number of hydrogen-bond donors (Lipinski definition) is 0. The van der Waals surface area contributed by atoms with Gasteiger partial charge in [0, 0.05) is 24.0 Å². The summed E-state index contributed by atoms with van der Waals surface area (Å²) in [6, 6.07) is 8.92. The second kappa shape index (κ2) is 5.80. The van der Waals surface area contributed by atoms with Crippen molar-refractivity contribution in [1.82, 2.24) is 9.55 Å². The standard InChI is InChI=1S/C16H17N3O2/c1-16(2,3)14(20)15(19-9-4-5-10-19)21-13-7-6-8-18-12(13)11-17/h4-10,15H,1-3H3. The maximum atomic E-state index is 12.6. The van der Waals surface area contributed by atoms with Crippen LogP contribution in [-0.4, -0.2) is 15.3 Å². The molecule has 108 valence electrons. The van der Waals surface area contributed by atoms with Gasteiger partial charge in [0.25, 0.3) is 0 Å². The molecule has 0 amide bonds. The predicted molar refractivity (Wildman–Crippen MR) is 77.5 cm³/mol. The van der Waals surface area contributed by atoms with E-state index in [1.54, 1.807) is 29.1 Å². The van der Waals surface area contributed by atoms with Crippen LogP contribution in [0.4, 0.5) is 0 Å². The molecule has 21 heavy (non-hydrogen) atoms. The molecular formula is C16H17N3O2. The molecule has 0 aliphatic rings. The molecule has 2 rings (SSSR count). The Bertz CT molecular complexity index is 664. The summed E-state index contributed by atoms with van der Waals surface area (Å²) in [6.07, 6.45) is 4.21. The highest BCUT2D eigenvalue weighted by atomic mass is 16.5. The lowest BCUT2D eigenvalue weighted by Crippen LogP contribution is -2.33. The normalized spacial score (nSPS) is 12.5. The van der Waals surface area contributed by atoms with Crippen LogP contribution in [0, 0.1) is 16.7 Å². The number of ether oxygens (including phenoxy) is 1. The van der Waals surface area contributed by atoms with Crippen LogP contribution < -0.4 is 4.74 Å². The number of ketones is 1. The molecule has 0 radical (unpaired) electrons. The van der Waals surface area contributed by atoms with Crippen molar-refractivity contribution < 1.29 is 9.53 Å². The molecule has 0 fully saturated rings. The maximum absolute atomic E-state index is 12.6. The lowest BCUT2D eigenvalue weighted by molar-refractivity contribution is -0.137. The SMILES string of the molecule is CC(C)(C)C(=O)C(Oc1cccnc1C#N)n1cccc1. The zero-order valence-electron chi connectivity index (χ0n) is 12.3. The third-order valence-electron chi connectivity index (χ3n) is 2.98. The lowest BCUT2D eigenvalue weighted by atomic mass is 9.89. The molecule has 0 saturated heterocycles. The molecule has 0 aromatic carbocycles. The molecule has 1 unspecified atom stereocenters. The summed E-state index contributed by atoms with van der Waals surface area (Å²) >= 11 is 0. The first-order valence-electron chi connectivity index (χ1n) is 6.62. The summed E-state index contributed by atoms with van der Waals surface area (Å²) < 4.78 is 7.48. The smallest absolute Gasteiger partial charge is 0.235 e. The van der Waals surface area contributed by atoms with E-state index in [4.69, 9.17) is 10.00 Å². The summed E-state index contributed by atoms with van der Waals surface area (Å²) in [5, 5.41) is 9.08. The van der Waals surface area contributed by atoms with Gasteiger partial charge in [-0.3, -0.25) is 4.79 Å². The van der Waals surface area contributed by atoms with Gasteiger partial charge in [-0.15, -0.1) is 0 Å². The molecule has 0 bridgehead atoms. The highest BCUT2D eigenvalue weighted by molar-refractivity contribution is 5.86. The molecule has 0 spiro atoms. The van der Waals surface area contributed by atoms with Crippen LogP contribution in [0.3, 0.4) is 0 Å². The van der Waals surface area contributed by atoms with Gasteiger partial charge in [0.2, 0.25) is 6.23 Å². The van der Waals surface area contributed by atoms with E-state index in [1.165, 1.54) is 6.20 Å². The van der Waals surface area contributed by atoms with Gasteiger partial charge in [-0.2, -0.15) is 5.26 Å². The first kappa shape index (κ1) is 14.8. The Hall–Kier alpha value is -2.61. The van der Waals surface area contributed by atoms with Crippen LogP contribution in [0.1, 0.15) is 32.7 Å². The number of hydrogen-bond acceptors (Lipinski definition) is 4. The van der Waals surface area contributed by atoms with Gasteiger partial charge >= 0.3 is 0 Å². The highest BCUT2D eigenvalue weighted by Crippen LogP contribution is 2.27. The van der Waals surface area contributed by atoms with Crippen molar-refractivity contribution in [3.63, 3.8) is 0 Å². The van der Waals surface area contributed by atoms with Gasteiger partial charge in [-0.1, -0.05) is 20.8 Å². The van der Waals surface area contributed by atoms with E-state index >= 15 is 0 Å². The molecule has 2 aromatic rings. The Kier molecular flexibility index (Phi) is 4.08. The van der Waals surface area contributed by atoms with Crippen molar-refractivity contribution in [3.8, 4) is 11.8 Å². The number of aromatic nitrogens is 2. The second-order valence-electron chi connectivity index (χ2n) is 5.68. The number of carbonyl (C=O) groups is 1. The van der Waals surface area contributed by atoms with Crippen molar-refractivity contribution in [2.45, 2.75) is 27.0 Å². The molecule has 1 atom stereocenters. The molecule has 2 heterocycles. The van der Waals surface area contributed by atoms with Gasteiger partial charge < -0.3 is 9.30 Å². The fraction of sp³-hybridized carbons (Fsp3) is 0.312. The number of carbonyl (C=O) groups excluding carboxylic acids is 1. The summed E-state index contributed by atoms with van der Waals surface area (Å²) in [4.78, 5) is 16.6. The van der Waals surface area contributed by atoms with E-state index < -0.39 is 11.6 Å². The topological polar surface area (TPSA) is 67.9 Å². The van der Waals surface area contributed by atoms with Crippen molar-refractivity contribution in [2.75, 3.05) is 0 Å². The Balaban J connectivity index is 2.38. The van der Waals surface area contributed by atoms with Crippen LogP contribution in [0.15, 0.2) is 42.9 Å². The first-order chi connectivity index (χ1) is 9.93. The zero-order chi connectivity index (χ0) is 15.5. The van der Waals surface area contributed by atoms with E-state index in [2.05, 4.69) is 4.98 Å². The fourth-order valence-corrected chi connectivity index (χ4v) is 1.81. The second-order valence-corrected chi connectivity index (χ2v) is 5.68. The van der Waals surface area contributed by atoms with Crippen LogP contribution in [-0.2, 0) is 4.79 Å². The predicted octanol–water partition coefficient (Wildman–Crippen LogP) is 2.95. The maximum Gasteiger partial charge on any atom is 0.235 e. The van der Waals surface area contributed by atoms with Crippen LogP contribution in [0.2, 0.25) is 0 Å². The van der Waals surface area contributed by atoms with E-state index in [0.29, 0.717) is 5.75 Å². The molecule has 0 N–H and O–H groups in total. The quantitative estimate of drug-likeness (QED) is 0.865. The van der Waals surface area contributed by atoms with Gasteiger partial charge in [-0.25, -0.2) is 4.98 Å². The zero-order valence-corrected chi connectivity index (χ0v) is 12.3. The number of pyridine rings is 1. The van der Waals surface area contributed by atoms with E-state index in [9.17, 15) is 4.79 Å². The van der Waals surface area contributed by atoms with E-state index in [-0.39, 0.29) is 11.5 Å². The van der Waals surface area contributed by atoms with Crippen molar-refractivity contribution >= 4 is 5.78 Å². The van der Waals surface area contributed by atoms with Crippen molar-refractivity contribution in [2.24, 2.45) is 5.41 Å². The lowest BCUT2D eigenvalue weighted by Gasteiger charge is -2.26. The third-order valence-corrected chi connectivity index (χ3v) is 2.98. The van der Waals surface area contributed by atoms with E-state index in [0.717, 1.165) is 0 Å². The van der Waals surface area contributed by atoms with Gasteiger partial charge in [0.15, 0.2) is 17.2 Å². The number of Topliss-reactive ketones (excluding diaryl/α,β-unsaturated/α-hetero) is 1. The number of nitriles is 1. The Labute approximate surface area is 123 Å². The average molecular weight is 283 g/mol. The molecule has 5 nitrogen and oxygen atoms in total. The summed E-state index contributed by atoms with van der Waals surface area (Å²) in [5.41, 5.74) is -0.402. The fourth-order valence-electron chi connectivity index (χ4n) is 1.81. The van der Waals surface area contributed by atoms with Gasteiger partial charge in [-0.05, 0) is 24.3 Å². The summed E-state index contributed by atoms with van der Waals surface area (Å²) in [5.74, 6) is 0.225. The molecular weight excluding hydrogens is 266 g/mol. The first-order valence-corrected chi connectivity index (χ1v) is 6.62. The largest absolute Gasteiger partial charge is 0.460 e. The van der Waals surface area contributed by atoms with Crippen LogP contribution in [0.5, 0.6) is 5.75 Å². The Morgan fingerprint density at radius 2 is 2.00 bits per heavy atom. The Morgan fingerprint density at radius 3 is 2.57 bits per heavy atom. The minimum atomic E-state index is -0.823. The molecule has 0 aliphatic heterocycles. The molecule has 5 heteroatoms. The van der Waals surface area contributed by atoms with Crippen molar-refractivity contribution in [1.29, 1.82) is 5.26 Å². The van der Waals surface area contributed by atoms with E-state index in [1.807, 2.05) is 39.0 Å². The summed E-state index contributed by atoms with van der Waals surface area (Å²) in [6.45, 7) is 5.51. The van der Waals surface area contributed by atoms with Gasteiger partial charge in [0.05, 0.1) is 0 Å². The van der Waals surface area contributed by atoms with Gasteiger partial charge in [0.1, 0.15) is 6.07 Å². The minimum absolute atomic E-state index is 0.0774. The highest BCUT2D eigenvalue weighted by Gasteiger charge is 2.32.